The molecule has 0 nitrogen and oxygen atoms in total. The zero-order valence-electron chi connectivity index (χ0n) is 21.8. The smallest absolute Gasteiger partial charge is 0.00139 e. The molecule has 0 heteroatoms. The van der Waals surface area contributed by atoms with E-state index in [0.29, 0.717) is 0 Å². The van der Waals surface area contributed by atoms with Crippen molar-refractivity contribution in [3.05, 3.63) is 109 Å². The van der Waals surface area contributed by atoms with Gasteiger partial charge in [-0.2, -0.15) is 0 Å². The molecule has 1 aliphatic rings. The van der Waals surface area contributed by atoms with Gasteiger partial charge < -0.3 is 0 Å². The third-order valence-corrected chi connectivity index (χ3v) is 9.05. The summed E-state index contributed by atoms with van der Waals surface area (Å²) in [6, 6.07) is 39.4. The number of rotatable bonds is 1. The molecular formula is C38H26. The highest BCUT2D eigenvalue weighted by Crippen LogP contribution is 2.50. The Kier molecular flexibility index (Phi) is 3.64. The molecule has 0 fully saturated rings. The number of benzene rings is 8. The Morgan fingerprint density at radius 2 is 0.868 bits per heavy atom. The minimum absolute atomic E-state index is 0.119. The molecule has 0 bridgehead atoms. The van der Waals surface area contributed by atoms with Crippen molar-refractivity contribution in [3.63, 3.8) is 0 Å². The van der Waals surface area contributed by atoms with Gasteiger partial charge >= 0.3 is 0 Å². The van der Waals surface area contributed by atoms with E-state index >= 15 is 0 Å². The van der Waals surface area contributed by atoms with Gasteiger partial charge in [0.15, 0.2) is 0 Å². The first kappa shape index (κ1) is 20.6. The SMILES string of the molecule is CC(C)(C)c1cc2ccc3ccc(-c4ccc5c6c4ccc4ccc7cccc-5c7c46)c4ccc(c1)c2c34. The maximum absolute atomic E-state index is 2.40. The van der Waals surface area contributed by atoms with Gasteiger partial charge in [0.25, 0.3) is 0 Å². The summed E-state index contributed by atoms with van der Waals surface area (Å²) in [7, 11) is 0. The van der Waals surface area contributed by atoms with Crippen molar-refractivity contribution >= 4 is 64.6 Å². The van der Waals surface area contributed by atoms with E-state index in [0.717, 1.165) is 0 Å². The minimum atomic E-state index is 0.119. The highest BCUT2D eigenvalue weighted by Gasteiger charge is 2.23. The van der Waals surface area contributed by atoms with Gasteiger partial charge in [0.1, 0.15) is 0 Å². The van der Waals surface area contributed by atoms with Crippen molar-refractivity contribution in [2.24, 2.45) is 0 Å². The van der Waals surface area contributed by atoms with Crippen LogP contribution in [0.3, 0.4) is 0 Å². The van der Waals surface area contributed by atoms with Gasteiger partial charge in [-0.3, -0.25) is 0 Å². The Morgan fingerprint density at radius 1 is 0.368 bits per heavy atom. The Balaban J connectivity index is 1.40. The third kappa shape index (κ3) is 2.46. The monoisotopic (exact) mass is 482 g/mol. The molecule has 0 heterocycles. The lowest BCUT2D eigenvalue weighted by atomic mass is 9.82. The Bertz CT molecular complexity index is 2290. The van der Waals surface area contributed by atoms with Crippen LogP contribution in [-0.2, 0) is 5.41 Å². The summed E-state index contributed by atoms with van der Waals surface area (Å²) in [5.74, 6) is 0. The van der Waals surface area contributed by atoms with Gasteiger partial charge in [-0.05, 0) is 97.9 Å². The van der Waals surface area contributed by atoms with Crippen LogP contribution in [0.2, 0.25) is 0 Å². The average Bonchev–Trinajstić information content (AvgIpc) is 3.28. The molecule has 0 spiro atoms. The van der Waals surface area contributed by atoms with E-state index in [1.807, 2.05) is 0 Å². The maximum Gasteiger partial charge on any atom is -0.00139 e. The second kappa shape index (κ2) is 6.71. The van der Waals surface area contributed by atoms with E-state index in [1.54, 1.807) is 0 Å². The zero-order valence-corrected chi connectivity index (χ0v) is 21.8. The standard InChI is InChI=1S/C38H26/c1-38(2,3)26-19-24-10-9-22-11-14-27(30-16-13-25(20-26)33(24)34(22)30)28-17-18-32-29-6-4-5-21-7-8-23-12-15-31(28)37(32)36(23)35(21)29/h4-20H,1-3H3. The largest absolute Gasteiger partial charge is 0.0610 e. The Hall–Kier alpha value is -4.42. The lowest BCUT2D eigenvalue weighted by Gasteiger charge is -2.22. The maximum atomic E-state index is 2.40. The molecule has 0 aliphatic heterocycles. The molecule has 8 aromatic rings. The van der Waals surface area contributed by atoms with Crippen LogP contribution in [0.4, 0.5) is 0 Å². The molecular weight excluding hydrogens is 456 g/mol. The average molecular weight is 483 g/mol. The zero-order chi connectivity index (χ0) is 25.3. The topological polar surface area (TPSA) is 0 Å². The molecule has 38 heavy (non-hydrogen) atoms. The molecule has 8 aromatic carbocycles. The van der Waals surface area contributed by atoms with Crippen LogP contribution in [0.15, 0.2) is 103 Å². The van der Waals surface area contributed by atoms with Gasteiger partial charge in [-0.1, -0.05) is 124 Å². The number of hydrogen-bond donors (Lipinski definition) is 0. The van der Waals surface area contributed by atoms with E-state index in [9.17, 15) is 0 Å². The van der Waals surface area contributed by atoms with Crippen molar-refractivity contribution in [1.82, 2.24) is 0 Å². The van der Waals surface area contributed by atoms with Crippen LogP contribution >= 0.6 is 0 Å². The van der Waals surface area contributed by atoms with Crippen molar-refractivity contribution < 1.29 is 0 Å². The second-order valence-corrected chi connectivity index (χ2v) is 12.2. The van der Waals surface area contributed by atoms with E-state index in [-0.39, 0.29) is 5.41 Å². The van der Waals surface area contributed by atoms with Crippen LogP contribution in [0.5, 0.6) is 0 Å². The lowest BCUT2D eigenvalue weighted by molar-refractivity contribution is 0.591. The van der Waals surface area contributed by atoms with E-state index in [1.165, 1.54) is 92.5 Å². The third-order valence-electron chi connectivity index (χ3n) is 9.05. The molecule has 0 amide bonds. The van der Waals surface area contributed by atoms with Crippen LogP contribution in [0, 0.1) is 0 Å². The van der Waals surface area contributed by atoms with Gasteiger partial charge in [0, 0.05) is 0 Å². The quantitative estimate of drug-likeness (QED) is 0.204. The predicted molar refractivity (Wildman–Crippen MR) is 166 cm³/mol. The summed E-state index contributed by atoms with van der Waals surface area (Å²) < 4.78 is 0. The molecule has 9 rings (SSSR count). The van der Waals surface area contributed by atoms with Gasteiger partial charge in [-0.25, -0.2) is 0 Å². The molecule has 178 valence electrons. The highest BCUT2D eigenvalue weighted by molar-refractivity contribution is 6.35. The summed E-state index contributed by atoms with van der Waals surface area (Å²) in [5, 5.41) is 16.4. The summed E-state index contributed by atoms with van der Waals surface area (Å²) in [6.45, 7) is 6.90. The van der Waals surface area contributed by atoms with Crippen LogP contribution < -0.4 is 0 Å². The molecule has 0 saturated heterocycles. The van der Waals surface area contributed by atoms with E-state index < -0.39 is 0 Å². The first-order valence-electron chi connectivity index (χ1n) is 13.6. The lowest BCUT2D eigenvalue weighted by Crippen LogP contribution is -2.10. The molecule has 0 atom stereocenters. The van der Waals surface area contributed by atoms with Gasteiger partial charge in [0.2, 0.25) is 0 Å². The predicted octanol–water partition coefficient (Wildman–Crippen LogP) is 11.0. The molecule has 1 aliphatic carbocycles. The molecule has 0 radical (unpaired) electrons. The van der Waals surface area contributed by atoms with Gasteiger partial charge in [-0.15, -0.1) is 0 Å². The van der Waals surface area contributed by atoms with Gasteiger partial charge in [0.05, 0.1) is 0 Å². The first-order valence-corrected chi connectivity index (χ1v) is 13.6. The fraction of sp³-hybridized carbons (Fsp3) is 0.105. The summed E-state index contributed by atoms with van der Waals surface area (Å²) >= 11 is 0. The first-order chi connectivity index (χ1) is 18.5. The van der Waals surface area contributed by atoms with Crippen molar-refractivity contribution in [2.75, 3.05) is 0 Å². The van der Waals surface area contributed by atoms with Crippen molar-refractivity contribution in [2.45, 2.75) is 26.2 Å². The molecule has 0 unspecified atom stereocenters. The normalized spacial score (nSPS) is 13.1. The van der Waals surface area contributed by atoms with Crippen molar-refractivity contribution in [3.8, 4) is 22.3 Å². The fourth-order valence-corrected chi connectivity index (χ4v) is 7.21. The van der Waals surface area contributed by atoms with Crippen LogP contribution in [0.25, 0.3) is 86.9 Å². The Morgan fingerprint density at radius 3 is 1.61 bits per heavy atom. The number of fused-ring (bicyclic) bond motifs is 1. The minimum Gasteiger partial charge on any atom is -0.0610 e. The Labute approximate surface area is 221 Å². The summed E-state index contributed by atoms with van der Waals surface area (Å²) in [6.07, 6.45) is 0. The van der Waals surface area contributed by atoms with Crippen molar-refractivity contribution in [1.29, 1.82) is 0 Å². The highest BCUT2D eigenvalue weighted by atomic mass is 14.3. The molecule has 0 aromatic heterocycles. The fourth-order valence-electron chi connectivity index (χ4n) is 7.21. The molecule has 0 N–H and O–H groups in total. The summed E-state index contributed by atoms with van der Waals surface area (Å²) in [5.41, 5.74) is 6.89. The van der Waals surface area contributed by atoms with Crippen LogP contribution in [-0.4, -0.2) is 0 Å². The van der Waals surface area contributed by atoms with Crippen LogP contribution in [0.1, 0.15) is 26.3 Å². The summed E-state index contributed by atoms with van der Waals surface area (Å²) in [4.78, 5) is 0. The second-order valence-electron chi connectivity index (χ2n) is 12.2. The van der Waals surface area contributed by atoms with E-state index in [4.69, 9.17) is 0 Å². The number of hydrogen-bond acceptors (Lipinski definition) is 0. The van der Waals surface area contributed by atoms with E-state index in [2.05, 4.69) is 124 Å². The molecule has 0 saturated carbocycles.